The normalized spacial score (nSPS) is 16.3. The van der Waals surface area contributed by atoms with Crippen LogP contribution < -0.4 is 5.69 Å². The molecule has 0 unspecified atom stereocenters. The summed E-state index contributed by atoms with van der Waals surface area (Å²) < 4.78 is 16.4. The Kier molecular flexibility index (Phi) is 6.75. The van der Waals surface area contributed by atoms with Crippen LogP contribution in [-0.2, 0) is 6.54 Å². The second-order valence-corrected chi connectivity index (χ2v) is 11.1. The van der Waals surface area contributed by atoms with E-state index in [4.69, 9.17) is 0 Å². The van der Waals surface area contributed by atoms with Gasteiger partial charge in [-0.15, -0.1) is 0 Å². The number of carbonyl (C=O) groups is 1. The zero-order valence-corrected chi connectivity index (χ0v) is 22.9. The minimum atomic E-state index is -0.441. The highest BCUT2D eigenvalue weighted by molar-refractivity contribution is 5.99. The smallest absolute Gasteiger partial charge is 0.323 e. The number of carbonyl (C=O) groups excluding carboxylic acids is 1. The molecule has 1 aliphatic heterocycles. The van der Waals surface area contributed by atoms with Gasteiger partial charge in [-0.25, -0.2) is 9.18 Å². The van der Waals surface area contributed by atoms with Crippen molar-refractivity contribution in [3.05, 3.63) is 94.0 Å². The van der Waals surface area contributed by atoms with Gasteiger partial charge in [-0.2, -0.15) is 0 Å². The first kappa shape index (κ1) is 26.0. The highest BCUT2D eigenvalue weighted by atomic mass is 19.1. The number of imidazole rings is 1. The summed E-state index contributed by atoms with van der Waals surface area (Å²) in [6.45, 7) is 6.55. The molecule has 1 saturated heterocycles. The summed E-state index contributed by atoms with van der Waals surface area (Å²) in [5.74, 6) is -0.376. The fourth-order valence-electron chi connectivity index (χ4n) is 5.83. The first-order valence-electron chi connectivity index (χ1n) is 13.7. The van der Waals surface area contributed by atoms with Crippen molar-refractivity contribution in [2.24, 2.45) is 0 Å². The molecule has 4 heterocycles. The lowest BCUT2D eigenvalue weighted by Crippen LogP contribution is -2.34. The number of pyridine rings is 1. The summed E-state index contributed by atoms with van der Waals surface area (Å²) in [5, 5.41) is 1.09. The average molecular weight is 541 g/mol. The number of amides is 1. The number of aromatic amines is 2. The average Bonchev–Trinajstić information content (AvgIpc) is 3.52. The van der Waals surface area contributed by atoms with Crippen LogP contribution in [0.5, 0.6) is 0 Å². The standard InChI is InChI=1S/C31H33FN6O2/c1-19(2)36(3)30(39)24-14-22(32)7-9-28(24)38-18-25(23-10-11-33-15-29(23)38)21-5-4-12-37(17-21)16-20-6-8-26-27(13-20)35-31(40)34-26/h6-11,13-15,18-19,21H,4-5,12,16-17H2,1-3H3,(H2,34,35,40)/t21-/m1/s1. The van der Waals surface area contributed by atoms with Gasteiger partial charge in [0.15, 0.2) is 0 Å². The van der Waals surface area contributed by atoms with Crippen molar-refractivity contribution in [2.45, 2.75) is 45.2 Å². The second kappa shape index (κ2) is 10.4. The molecule has 206 valence electrons. The number of nitrogens with one attached hydrogen (secondary N) is 2. The van der Waals surface area contributed by atoms with E-state index in [0.717, 1.165) is 60.0 Å². The van der Waals surface area contributed by atoms with Gasteiger partial charge in [-0.3, -0.25) is 14.7 Å². The molecule has 0 aliphatic carbocycles. The number of halogens is 1. The number of aromatic nitrogens is 4. The number of nitrogens with zero attached hydrogens (tertiary/aromatic N) is 4. The molecule has 5 aromatic rings. The van der Waals surface area contributed by atoms with Gasteiger partial charge in [0, 0.05) is 44.0 Å². The third-order valence-corrected chi connectivity index (χ3v) is 8.11. The van der Waals surface area contributed by atoms with Crippen molar-refractivity contribution >= 4 is 27.8 Å². The highest BCUT2D eigenvalue weighted by Crippen LogP contribution is 2.36. The molecular formula is C31H33FN6O2. The molecule has 1 atom stereocenters. The molecule has 0 saturated carbocycles. The van der Waals surface area contributed by atoms with Crippen molar-refractivity contribution in [3.8, 4) is 5.69 Å². The van der Waals surface area contributed by atoms with Crippen LogP contribution in [0.25, 0.3) is 27.6 Å². The van der Waals surface area contributed by atoms with Crippen molar-refractivity contribution in [1.29, 1.82) is 0 Å². The van der Waals surface area contributed by atoms with Gasteiger partial charge in [-0.05, 0) is 86.7 Å². The molecule has 1 amide bonds. The van der Waals surface area contributed by atoms with Crippen LogP contribution >= 0.6 is 0 Å². The van der Waals surface area contributed by atoms with E-state index in [1.54, 1.807) is 24.2 Å². The zero-order chi connectivity index (χ0) is 28.0. The second-order valence-electron chi connectivity index (χ2n) is 11.1. The van der Waals surface area contributed by atoms with Crippen molar-refractivity contribution in [3.63, 3.8) is 0 Å². The van der Waals surface area contributed by atoms with Crippen molar-refractivity contribution in [2.75, 3.05) is 20.1 Å². The Hall–Kier alpha value is -4.24. The first-order valence-corrected chi connectivity index (χ1v) is 13.7. The van der Waals surface area contributed by atoms with E-state index >= 15 is 0 Å². The number of likely N-dealkylation sites (tertiary alicyclic amines) is 1. The number of piperidine rings is 1. The molecular weight excluding hydrogens is 507 g/mol. The third kappa shape index (κ3) is 4.81. The summed E-state index contributed by atoms with van der Waals surface area (Å²) >= 11 is 0. The Morgan fingerprint density at radius 3 is 2.80 bits per heavy atom. The third-order valence-electron chi connectivity index (χ3n) is 8.11. The topological polar surface area (TPSA) is 90.0 Å². The molecule has 0 bridgehead atoms. The Labute approximate surface area is 231 Å². The van der Waals surface area contributed by atoms with E-state index in [9.17, 15) is 14.0 Å². The molecule has 1 aliphatic rings. The van der Waals surface area contributed by atoms with Crippen LogP contribution in [0.4, 0.5) is 4.39 Å². The number of H-pyrrole nitrogens is 2. The van der Waals surface area contributed by atoms with Crippen molar-refractivity contribution < 1.29 is 9.18 Å². The Morgan fingerprint density at radius 1 is 1.15 bits per heavy atom. The molecule has 2 N–H and O–H groups in total. The van der Waals surface area contributed by atoms with E-state index in [2.05, 4.69) is 32.1 Å². The largest absolute Gasteiger partial charge is 0.339 e. The van der Waals surface area contributed by atoms with Crippen LogP contribution in [0.2, 0.25) is 0 Å². The first-order chi connectivity index (χ1) is 19.3. The number of hydrogen-bond donors (Lipinski definition) is 2. The van der Waals surface area contributed by atoms with E-state index in [-0.39, 0.29) is 23.6 Å². The van der Waals surface area contributed by atoms with E-state index in [1.807, 2.05) is 42.8 Å². The lowest BCUT2D eigenvalue weighted by molar-refractivity contribution is 0.0754. The van der Waals surface area contributed by atoms with E-state index in [1.165, 1.54) is 17.7 Å². The van der Waals surface area contributed by atoms with Crippen LogP contribution in [0, 0.1) is 5.82 Å². The fraction of sp³-hybridized carbons (Fsp3) is 0.323. The molecule has 9 heteroatoms. The van der Waals surface area contributed by atoms with Gasteiger partial charge in [0.2, 0.25) is 0 Å². The monoisotopic (exact) mass is 540 g/mol. The maximum atomic E-state index is 14.4. The van der Waals surface area contributed by atoms with Gasteiger partial charge >= 0.3 is 5.69 Å². The summed E-state index contributed by atoms with van der Waals surface area (Å²) in [6.07, 6.45) is 7.83. The lowest BCUT2D eigenvalue weighted by atomic mass is 9.90. The number of rotatable bonds is 6. The van der Waals surface area contributed by atoms with E-state index < -0.39 is 5.82 Å². The maximum Gasteiger partial charge on any atom is 0.323 e. The van der Waals surface area contributed by atoms with Crippen LogP contribution in [-0.4, -0.2) is 61.4 Å². The van der Waals surface area contributed by atoms with Gasteiger partial charge in [0.25, 0.3) is 5.91 Å². The molecule has 6 rings (SSSR count). The minimum absolute atomic E-state index is 0.0197. The van der Waals surface area contributed by atoms with Crippen molar-refractivity contribution in [1.82, 2.24) is 29.3 Å². The SMILES string of the molecule is CC(C)N(C)C(=O)c1cc(F)ccc1-n1cc([C@@H]2CCCN(Cc3ccc4[nH]c(=O)[nH]c4c3)C2)c2ccncc21. The molecule has 0 radical (unpaired) electrons. The summed E-state index contributed by atoms with van der Waals surface area (Å²) in [4.78, 5) is 39.2. The van der Waals surface area contributed by atoms with Crippen LogP contribution in [0.1, 0.15) is 54.1 Å². The predicted octanol–water partition coefficient (Wildman–Crippen LogP) is 5.19. The maximum absolute atomic E-state index is 14.4. The quantitative estimate of drug-likeness (QED) is 0.310. The number of benzene rings is 2. The van der Waals surface area contributed by atoms with Gasteiger partial charge in [0.1, 0.15) is 5.82 Å². The van der Waals surface area contributed by atoms with Crippen LogP contribution in [0.15, 0.2) is 65.8 Å². The lowest BCUT2D eigenvalue weighted by Gasteiger charge is -2.32. The Bertz CT molecular complexity index is 1770. The molecule has 2 aromatic carbocycles. The highest BCUT2D eigenvalue weighted by Gasteiger charge is 2.27. The molecule has 8 nitrogen and oxygen atoms in total. The summed E-state index contributed by atoms with van der Waals surface area (Å²) in [7, 11) is 1.74. The zero-order valence-electron chi connectivity index (χ0n) is 22.9. The van der Waals surface area contributed by atoms with Gasteiger partial charge < -0.3 is 19.4 Å². The summed E-state index contributed by atoms with van der Waals surface area (Å²) in [6, 6.07) is 12.5. The Balaban J connectivity index is 1.34. The molecule has 0 spiro atoms. The molecule has 1 fully saturated rings. The van der Waals surface area contributed by atoms with Gasteiger partial charge in [-0.1, -0.05) is 6.07 Å². The fourth-order valence-corrected chi connectivity index (χ4v) is 5.83. The van der Waals surface area contributed by atoms with E-state index in [0.29, 0.717) is 11.3 Å². The molecule has 3 aromatic heterocycles. The summed E-state index contributed by atoms with van der Waals surface area (Å²) in [5.41, 5.74) is 5.65. The van der Waals surface area contributed by atoms with Gasteiger partial charge in [0.05, 0.1) is 34.0 Å². The molecule has 40 heavy (non-hydrogen) atoms. The predicted molar refractivity (Wildman–Crippen MR) is 154 cm³/mol. The van der Waals surface area contributed by atoms with Crippen LogP contribution in [0.3, 0.4) is 0 Å². The minimum Gasteiger partial charge on any atom is -0.339 e. The number of fused-ring (bicyclic) bond motifs is 2. The Morgan fingerprint density at radius 2 is 1.98 bits per heavy atom. The number of hydrogen-bond acceptors (Lipinski definition) is 4.